The summed E-state index contributed by atoms with van der Waals surface area (Å²) in [6.07, 6.45) is 0.635. The van der Waals surface area contributed by atoms with Crippen molar-refractivity contribution in [1.29, 1.82) is 0 Å². The average Bonchev–Trinajstić information content (AvgIpc) is 2.48. The molecule has 1 aromatic rings. The van der Waals surface area contributed by atoms with Crippen molar-refractivity contribution in [3.05, 3.63) is 20.1 Å². The highest BCUT2D eigenvalue weighted by molar-refractivity contribution is 14.1. The topological polar surface area (TPSA) is 90.4 Å². The monoisotopic (exact) mass is 327 g/mol. The Kier molecular flexibility index (Phi) is 4.42. The summed E-state index contributed by atoms with van der Waals surface area (Å²) in [5.74, 6) is -0.194. The zero-order chi connectivity index (χ0) is 11.4. The molecule has 0 spiro atoms. The van der Waals surface area contributed by atoms with Crippen LogP contribution in [0, 0.1) is 13.8 Å². The first-order chi connectivity index (χ1) is 7.06. The van der Waals surface area contributed by atoms with Crippen LogP contribution in [0.1, 0.15) is 0 Å². The van der Waals surface area contributed by atoms with Gasteiger partial charge in [0.15, 0.2) is 3.70 Å². The minimum atomic E-state index is -0.697. The van der Waals surface area contributed by atoms with Gasteiger partial charge in [-0.1, -0.05) is 0 Å². The first kappa shape index (κ1) is 12.3. The molecule has 0 saturated heterocycles. The van der Waals surface area contributed by atoms with Gasteiger partial charge in [0.25, 0.3) is 0 Å². The van der Waals surface area contributed by atoms with Crippen molar-refractivity contribution in [1.82, 2.24) is 9.55 Å². The maximum absolute atomic E-state index is 10.5. The van der Waals surface area contributed by atoms with Crippen LogP contribution in [-0.4, -0.2) is 39.4 Å². The van der Waals surface area contributed by atoms with Crippen molar-refractivity contribution in [2.45, 2.75) is 12.6 Å². The fourth-order valence-corrected chi connectivity index (χ4v) is 1.74. The van der Waals surface area contributed by atoms with E-state index in [0.29, 0.717) is 3.70 Å². The van der Waals surface area contributed by atoms with E-state index in [1.807, 2.05) is 22.6 Å². The summed E-state index contributed by atoms with van der Waals surface area (Å²) < 4.78 is 6.66. The molecule has 0 radical (unpaired) electrons. The van der Waals surface area contributed by atoms with E-state index in [0.717, 1.165) is 0 Å². The lowest BCUT2D eigenvalue weighted by atomic mass is 10.4. The van der Waals surface area contributed by atoms with Gasteiger partial charge < -0.3 is 20.0 Å². The molecule has 0 fully saturated rings. The number of hydrogen-bond acceptors (Lipinski definition) is 5. The molecule has 0 aliphatic rings. The van der Waals surface area contributed by atoms with Crippen LogP contribution in [0.2, 0.25) is 0 Å². The van der Waals surface area contributed by atoms with Gasteiger partial charge in [0.1, 0.15) is 0 Å². The van der Waals surface area contributed by atoms with Crippen LogP contribution in [0.15, 0.2) is 6.33 Å². The molecule has 0 aromatic carbocycles. The van der Waals surface area contributed by atoms with Crippen molar-refractivity contribution in [3.63, 3.8) is 0 Å². The van der Waals surface area contributed by atoms with Gasteiger partial charge in [0.05, 0.1) is 19.3 Å². The molecule has 1 N–H and O–H groups in total. The van der Waals surface area contributed by atoms with E-state index in [2.05, 4.69) is 4.98 Å². The van der Waals surface area contributed by atoms with Gasteiger partial charge in [-0.05, 0) is 32.5 Å². The van der Waals surface area contributed by atoms with Crippen molar-refractivity contribution >= 4 is 28.4 Å². The summed E-state index contributed by atoms with van der Waals surface area (Å²) >= 11 is 1.82. The smallest absolute Gasteiger partial charge is 0.389 e. The summed E-state index contributed by atoms with van der Waals surface area (Å²) in [5.41, 5.74) is 0. The summed E-state index contributed by atoms with van der Waals surface area (Å²) in [6, 6.07) is 0. The van der Waals surface area contributed by atoms with E-state index in [9.17, 15) is 15.2 Å². The fraction of sp³-hybridized carbons (Fsp3) is 0.571. The molecule has 1 rings (SSSR count). The second kappa shape index (κ2) is 5.37. The van der Waals surface area contributed by atoms with Crippen LogP contribution in [0.25, 0.3) is 0 Å². The second-order valence-corrected chi connectivity index (χ2v) is 3.90. The third-order valence-electron chi connectivity index (χ3n) is 1.70. The van der Waals surface area contributed by atoms with Crippen LogP contribution in [-0.2, 0) is 11.3 Å². The summed E-state index contributed by atoms with van der Waals surface area (Å²) in [4.78, 5) is 13.6. The fourth-order valence-electron chi connectivity index (χ4n) is 1.08. The molecule has 0 aliphatic heterocycles. The van der Waals surface area contributed by atoms with Gasteiger partial charge in [-0.25, -0.2) is 0 Å². The number of imidazole rings is 1. The highest BCUT2D eigenvalue weighted by atomic mass is 127. The maximum Gasteiger partial charge on any atom is 0.395 e. The number of nitro groups is 1. The summed E-state index contributed by atoms with van der Waals surface area (Å²) in [6.45, 7) is 0.412. The van der Waals surface area contributed by atoms with Crippen LogP contribution in [0.3, 0.4) is 0 Å². The Labute approximate surface area is 99.4 Å². The number of nitrogens with zero attached hydrogens (tertiary/aromatic N) is 3. The molecule has 0 amide bonds. The quantitative estimate of drug-likeness (QED) is 0.480. The van der Waals surface area contributed by atoms with Crippen LogP contribution in [0.4, 0.5) is 5.82 Å². The lowest BCUT2D eigenvalue weighted by molar-refractivity contribution is -0.390. The standard InChI is InChI=1S/C7H10IN3O4/c1-15-3-5(12)2-10-4-9-7(6(10)8)11(13)14/h4-5,12H,2-3H2,1H3. The normalized spacial score (nSPS) is 12.7. The lowest BCUT2D eigenvalue weighted by Crippen LogP contribution is -2.21. The van der Waals surface area contributed by atoms with Gasteiger partial charge in [-0.2, -0.15) is 0 Å². The molecule has 15 heavy (non-hydrogen) atoms. The van der Waals surface area contributed by atoms with Gasteiger partial charge in [0, 0.05) is 7.11 Å². The first-order valence-corrected chi connectivity index (χ1v) is 5.16. The van der Waals surface area contributed by atoms with E-state index in [-0.39, 0.29) is 19.0 Å². The lowest BCUT2D eigenvalue weighted by Gasteiger charge is -2.09. The van der Waals surface area contributed by atoms with E-state index >= 15 is 0 Å². The third kappa shape index (κ3) is 3.11. The average molecular weight is 327 g/mol. The van der Waals surface area contributed by atoms with Gasteiger partial charge >= 0.3 is 5.82 Å². The Hall–Kier alpha value is -0.740. The van der Waals surface area contributed by atoms with Gasteiger partial charge in [-0.15, -0.1) is 0 Å². The van der Waals surface area contributed by atoms with Crippen LogP contribution in [0.5, 0.6) is 0 Å². The van der Waals surface area contributed by atoms with Gasteiger partial charge in [-0.3, -0.25) is 4.57 Å². The van der Waals surface area contributed by atoms with E-state index in [4.69, 9.17) is 4.74 Å². The Morgan fingerprint density at radius 2 is 2.53 bits per heavy atom. The largest absolute Gasteiger partial charge is 0.395 e. The number of hydrogen-bond donors (Lipinski definition) is 1. The molecule has 0 bridgehead atoms. The number of aliphatic hydroxyl groups is 1. The molecular weight excluding hydrogens is 317 g/mol. The second-order valence-electron chi connectivity index (χ2n) is 2.88. The maximum atomic E-state index is 10.5. The zero-order valence-corrected chi connectivity index (χ0v) is 10.1. The van der Waals surface area contributed by atoms with Crippen molar-refractivity contribution in [3.8, 4) is 0 Å². The molecule has 8 heteroatoms. The Morgan fingerprint density at radius 3 is 3.00 bits per heavy atom. The number of aliphatic hydroxyl groups excluding tert-OH is 1. The number of halogens is 1. The highest BCUT2D eigenvalue weighted by Crippen LogP contribution is 2.18. The molecule has 1 atom stereocenters. The molecule has 0 aliphatic carbocycles. The van der Waals surface area contributed by atoms with E-state index in [1.165, 1.54) is 18.0 Å². The molecule has 7 nitrogen and oxygen atoms in total. The SMILES string of the molecule is COCC(O)Cn1cnc([N+](=O)[O-])c1I. The number of ether oxygens (including phenoxy) is 1. The zero-order valence-electron chi connectivity index (χ0n) is 7.96. The molecule has 1 aromatic heterocycles. The van der Waals surface area contributed by atoms with Gasteiger partial charge in [0.2, 0.25) is 6.33 Å². The number of aromatic nitrogens is 2. The summed E-state index contributed by atoms with van der Waals surface area (Å²) in [5, 5.41) is 19.9. The molecule has 1 unspecified atom stereocenters. The Bertz CT molecular complexity index is 354. The predicted octanol–water partition coefficient (Wildman–Crippen LogP) is 0.403. The molecule has 0 saturated carbocycles. The van der Waals surface area contributed by atoms with Crippen molar-refractivity contribution < 1.29 is 14.8 Å². The minimum Gasteiger partial charge on any atom is -0.389 e. The predicted molar refractivity (Wildman–Crippen MR) is 59.5 cm³/mol. The van der Waals surface area contributed by atoms with Crippen LogP contribution < -0.4 is 0 Å². The minimum absolute atomic E-state index is 0.183. The number of rotatable bonds is 5. The molecule has 84 valence electrons. The third-order valence-corrected chi connectivity index (χ3v) is 2.80. The molecular formula is C7H10IN3O4. The van der Waals surface area contributed by atoms with Crippen molar-refractivity contribution in [2.24, 2.45) is 0 Å². The number of methoxy groups -OCH3 is 1. The first-order valence-electron chi connectivity index (χ1n) is 4.08. The Morgan fingerprint density at radius 1 is 1.87 bits per heavy atom. The molecule has 1 heterocycles. The highest BCUT2D eigenvalue weighted by Gasteiger charge is 2.20. The van der Waals surface area contributed by atoms with Crippen molar-refractivity contribution in [2.75, 3.05) is 13.7 Å². The van der Waals surface area contributed by atoms with E-state index in [1.54, 1.807) is 0 Å². The van der Waals surface area contributed by atoms with E-state index < -0.39 is 11.0 Å². The van der Waals surface area contributed by atoms with Crippen LogP contribution >= 0.6 is 22.6 Å². The Balaban J connectivity index is 2.74. The summed E-state index contributed by atoms with van der Waals surface area (Å²) in [7, 11) is 1.48.